The summed E-state index contributed by atoms with van der Waals surface area (Å²) in [6.45, 7) is -1.26. The number of aliphatic hydroxyl groups excluding tert-OH is 1. The number of hydrogen-bond donors (Lipinski definition) is 1. The second kappa shape index (κ2) is 12.9. The number of nitrogens with zero attached hydrogens (tertiary/aromatic N) is 6. The first kappa shape index (κ1) is 35.2. The highest BCUT2D eigenvalue weighted by molar-refractivity contribution is 6.08. The van der Waals surface area contributed by atoms with Crippen LogP contribution in [0.1, 0.15) is 38.5 Å². The normalized spacial score (nSPS) is 32.8. The van der Waals surface area contributed by atoms with E-state index in [0.29, 0.717) is 0 Å². The fraction of sp³-hybridized carbons (Fsp3) is 0.531. The summed E-state index contributed by atoms with van der Waals surface area (Å²) in [5.41, 5.74) is 0. The molecule has 6 fully saturated rings. The summed E-state index contributed by atoms with van der Waals surface area (Å²) in [5, 5.41) is 10.5. The molecule has 8 aliphatic rings. The molecule has 54 heavy (non-hydrogen) atoms. The van der Waals surface area contributed by atoms with Gasteiger partial charge in [0, 0.05) is 57.5 Å². The number of hydrazine groups is 1. The van der Waals surface area contributed by atoms with Gasteiger partial charge in [0.15, 0.2) is 0 Å². The third kappa shape index (κ3) is 5.38. The first-order valence-electron chi connectivity index (χ1n) is 17.1. The summed E-state index contributed by atoms with van der Waals surface area (Å²) < 4.78 is 11.2. The lowest BCUT2D eigenvalue weighted by molar-refractivity contribution is -0.188. The lowest BCUT2D eigenvalue weighted by atomic mass is 9.85. The Kier molecular flexibility index (Phi) is 8.41. The summed E-state index contributed by atoms with van der Waals surface area (Å²) in [7, 11) is 0. The molecule has 0 aromatic rings. The van der Waals surface area contributed by atoms with Gasteiger partial charge in [0.1, 0.15) is 6.23 Å². The van der Waals surface area contributed by atoms with Gasteiger partial charge in [-0.15, -0.1) is 20.1 Å². The van der Waals surface area contributed by atoms with Gasteiger partial charge >= 0.3 is 12.2 Å². The van der Waals surface area contributed by atoms with Crippen molar-refractivity contribution in [3.8, 4) is 0 Å². The fourth-order valence-corrected chi connectivity index (χ4v) is 8.13. The molecule has 8 unspecified atom stereocenters. The van der Waals surface area contributed by atoms with Gasteiger partial charge < -0.3 is 29.2 Å². The highest BCUT2D eigenvalue weighted by Crippen LogP contribution is 2.47. The van der Waals surface area contributed by atoms with E-state index < -0.39 is 146 Å². The molecule has 11 amide bonds. The first-order valence-corrected chi connectivity index (χ1v) is 17.1. The maximum Gasteiger partial charge on any atom is 0.461 e. The Bertz CT molecular complexity index is 1830. The summed E-state index contributed by atoms with van der Waals surface area (Å²) in [6.07, 6.45) is -4.69. The Morgan fingerprint density at radius 1 is 0.611 bits per heavy atom. The quantitative estimate of drug-likeness (QED) is 0.151. The molecule has 284 valence electrons. The van der Waals surface area contributed by atoms with Crippen molar-refractivity contribution in [2.24, 2.45) is 23.7 Å². The standard InChI is InChI=1S/C32H30N6O16/c39-17(9-11-33-27(45)23-13-1-2-14(51-13)24(23)28(33)46)35(31(49)53-37-19(41)5-6-20(37)42)36(32(50)54-38-21(43)7-8-22(38)44)18(40)10-12-34-29(47)25-15-3-4-16(52-15)26(25)30(34)48/h1-4,13-16,23-27,45H,5-12H2/t13?,14?,15?,16?,23?,24?,25-,26?,27?/m0/s1. The van der Waals surface area contributed by atoms with E-state index in [2.05, 4.69) is 0 Å². The Labute approximate surface area is 302 Å². The van der Waals surface area contributed by atoms with Crippen molar-refractivity contribution in [3.63, 3.8) is 0 Å². The number of likely N-dealkylation sites (tertiary alicyclic amines) is 2. The van der Waals surface area contributed by atoms with Gasteiger partial charge in [-0.3, -0.25) is 48.1 Å². The van der Waals surface area contributed by atoms with E-state index in [-0.39, 0.29) is 45.8 Å². The van der Waals surface area contributed by atoms with Gasteiger partial charge in [-0.25, -0.2) is 9.59 Å². The largest absolute Gasteiger partial charge is 0.461 e. The molecule has 4 bridgehead atoms. The van der Waals surface area contributed by atoms with Crippen LogP contribution in [0.2, 0.25) is 0 Å². The summed E-state index contributed by atoms with van der Waals surface area (Å²) in [4.78, 5) is 156. The van der Waals surface area contributed by atoms with E-state index in [9.17, 15) is 57.8 Å². The molecule has 0 aromatic heterocycles. The average Bonchev–Trinajstić information content (AvgIpc) is 4.03. The monoisotopic (exact) mass is 754 g/mol. The minimum atomic E-state index is -1.98. The zero-order valence-corrected chi connectivity index (χ0v) is 27.9. The van der Waals surface area contributed by atoms with E-state index in [1.165, 1.54) is 0 Å². The van der Waals surface area contributed by atoms with E-state index in [4.69, 9.17) is 19.1 Å². The van der Waals surface area contributed by atoms with E-state index in [1.54, 1.807) is 24.3 Å². The minimum Gasteiger partial charge on any atom is -0.373 e. The van der Waals surface area contributed by atoms with Gasteiger partial charge in [0.25, 0.3) is 35.4 Å². The molecule has 0 aliphatic carbocycles. The zero-order valence-electron chi connectivity index (χ0n) is 27.9. The zero-order chi connectivity index (χ0) is 38.3. The topological polar surface area (TPSA) is 264 Å². The second-order valence-corrected chi connectivity index (χ2v) is 13.6. The highest BCUT2D eigenvalue weighted by Gasteiger charge is 2.62. The number of rotatable bonds is 8. The number of hydrogen-bond acceptors (Lipinski definition) is 16. The number of carbonyl (C=O) groups is 11. The molecule has 0 radical (unpaired) electrons. The fourth-order valence-electron chi connectivity index (χ4n) is 8.13. The summed E-state index contributed by atoms with van der Waals surface area (Å²) >= 11 is 0. The molecule has 8 aliphatic heterocycles. The molecule has 8 heterocycles. The van der Waals surface area contributed by atoms with Crippen molar-refractivity contribution >= 4 is 65.4 Å². The van der Waals surface area contributed by atoms with Crippen LogP contribution < -0.4 is 0 Å². The maximum atomic E-state index is 14.0. The van der Waals surface area contributed by atoms with Crippen molar-refractivity contribution in [1.82, 2.24) is 29.9 Å². The molecule has 1 N–H and O–H groups in total. The molecule has 22 heteroatoms. The van der Waals surface area contributed by atoms with Gasteiger partial charge in [0.05, 0.1) is 42.2 Å². The van der Waals surface area contributed by atoms with Crippen LogP contribution in [-0.2, 0) is 62.3 Å². The van der Waals surface area contributed by atoms with E-state index >= 15 is 0 Å². The number of aliphatic hydroxyl groups is 1. The third-order valence-electron chi connectivity index (χ3n) is 10.7. The van der Waals surface area contributed by atoms with E-state index in [0.717, 1.165) is 9.80 Å². The van der Waals surface area contributed by atoms with Crippen LogP contribution in [0, 0.1) is 23.7 Å². The number of imide groups is 5. The van der Waals surface area contributed by atoms with Crippen LogP contribution in [0.5, 0.6) is 0 Å². The lowest BCUT2D eigenvalue weighted by Gasteiger charge is -2.32. The predicted octanol–water partition coefficient (Wildman–Crippen LogP) is -2.59. The van der Waals surface area contributed by atoms with Crippen LogP contribution in [0.3, 0.4) is 0 Å². The van der Waals surface area contributed by atoms with Gasteiger partial charge in [-0.1, -0.05) is 24.3 Å². The van der Waals surface area contributed by atoms with E-state index in [1.807, 2.05) is 0 Å². The number of amides is 11. The molecule has 0 aromatic carbocycles. The average molecular weight is 755 g/mol. The molecular formula is C32H30N6O16. The van der Waals surface area contributed by atoms with Gasteiger partial charge in [0.2, 0.25) is 17.7 Å². The van der Waals surface area contributed by atoms with Crippen molar-refractivity contribution in [3.05, 3.63) is 24.3 Å². The molecule has 9 atom stereocenters. The minimum absolute atomic E-state index is 0.00400. The van der Waals surface area contributed by atoms with Crippen molar-refractivity contribution < 1.29 is 77.0 Å². The van der Waals surface area contributed by atoms with Crippen molar-refractivity contribution in [2.45, 2.75) is 69.2 Å². The summed E-state index contributed by atoms with van der Waals surface area (Å²) in [6, 6.07) is 0. The molecule has 6 saturated heterocycles. The summed E-state index contributed by atoms with van der Waals surface area (Å²) in [5.74, 6) is -12.2. The van der Waals surface area contributed by atoms with Crippen LogP contribution in [0.15, 0.2) is 24.3 Å². The highest BCUT2D eigenvalue weighted by atomic mass is 16.8. The number of carbonyl (C=O) groups excluding carboxylic acids is 11. The van der Waals surface area contributed by atoms with Crippen LogP contribution in [0.4, 0.5) is 9.59 Å². The Morgan fingerprint density at radius 3 is 1.48 bits per heavy atom. The van der Waals surface area contributed by atoms with Crippen LogP contribution in [0.25, 0.3) is 0 Å². The number of hydroxylamine groups is 4. The molecule has 0 saturated carbocycles. The van der Waals surface area contributed by atoms with Gasteiger partial charge in [-0.2, -0.15) is 0 Å². The van der Waals surface area contributed by atoms with Crippen molar-refractivity contribution in [2.75, 3.05) is 13.1 Å². The molecule has 8 rings (SSSR count). The number of ether oxygens (including phenoxy) is 2. The SMILES string of the molecule is O=C1C2C3C=CC(O3)[C@@H]2C(=O)N1CCC(=O)N(C(=O)ON1C(=O)CCC1=O)N(C(=O)CCN1C(=O)C2C3C=CC(O3)C2C1O)C(=O)ON1C(=O)CCC1=O. The predicted molar refractivity (Wildman–Crippen MR) is 162 cm³/mol. The van der Waals surface area contributed by atoms with Gasteiger partial charge in [-0.05, 0) is 0 Å². The molecular weight excluding hydrogens is 724 g/mol. The second-order valence-electron chi connectivity index (χ2n) is 13.6. The smallest absolute Gasteiger partial charge is 0.373 e. The van der Waals surface area contributed by atoms with Crippen LogP contribution >= 0.6 is 0 Å². The molecule has 22 nitrogen and oxygen atoms in total. The van der Waals surface area contributed by atoms with Crippen molar-refractivity contribution in [1.29, 1.82) is 0 Å². The Morgan fingerprint density at radius 2 is 1.02 bits per heavy atom. The first-order chi connectivity index (χ1) is 25.8. The molecule has 0 spiro atoms. The Hall–Kier alpha value is -5.87. The Balaban J connectivity index is 1.06. The maximum absolute atomic E-state index is 14.0. The third-order valence-corrected chi connectivity index (χ3v) is 10.7. The lowest BCUT2D eigenvalue weighted by Crippen LogP contribution is -2.58. The van der Waals surface area contributed by atoms with Crippen LogP contribution in [-0.4, -0.2) is 144 Å². The number of fused-ring (bicyclic) bond motifs is 10.